The Morgan fingerprint density at radius 1 is 0.926 bits per heavy atom. The van der Waals surface area contributed by atoms with Gasteiger partial charge >= 0.3 is 0 Å². The molecule has 0 unspecified atom stereocenters. The highest BCUT2D eigenvalue weighted by molar-refractivity contribution is 6.95. The standard InChI is InChI=1S/C23H25NO2Si/c1-27(2,3)22(16-9-5-4-6-10-16)20-21-18(15-23(20)25-13-14-26-23)17-11-7-8-12-19(17)24-21/h4-12,24H,13-15H2,1-3H3/b22-20+. The van der Waals surface area contributed by atoms with Crippen LogP contribution < -0.4 is 0 Å². The molecule has 1 spiro atoms. The fourth-order valence-electron chi connectivity index (χ4n) is 4.68. The van der Waals surface area contributed by atoms with Gasteiger partial charge in [0.05, 0.1) is 27.0 Å². The maximum absolute atomic E-state index is 6.32. The number of nitrogens with one attached hydrogen (secondary N) is 1. The summed E-state index contributed by atoms with van der Waals surface area (Å²) in [7, 11) is -1.70. The molecule has 1 N–H and O–H groups in total. The molecule has 0 amide bonds. The van der Waals surface area contributed by atoms with Crippen molar-refractivity contribution in [1.82, 2.24) is 4.98 Å². The molecule has 1 aliphatic carbocycles. The van der Waals surface area contributed by atoms with E-state index in [9.17, 15) is 0 Å². The van der Waals surface area contributed by atoms with Gasteiger partial charge in [0.15, 0.2) is 0 Å². The number of hydrogen-bond donors (Lipinski definition) is 1. The molecule has 1 saturated heterocycles. The second-order valence-electron chi connectivity index (χ2n) is 8.52. The molecule has 1 aromatic heterocycles. The minimum absolute atomic E-state index is 0.642. The fourth-order valence-corrected chi connectivity index (χ4v) is 6.78. The smallest absolute Gasteiger partial charge is 0.201 e. The van der Waals surface area contributed by atoms with Gasteiger partial charge in [-0.15, -0.1) is 0 Å². The number of para-hydroxylation sites is 1. The van der Waals surface area contributed by atoms with Crippen LogP contribution in [0, 0.1) is 0 Å². The lowest BCUT2D eigenvalue weighted by Gasteiger charge is -2.32. The van der Waals surface area contributed by atoms with Crippen LogP contribution in [0.2, 0.25) is 19.6 Å². The van der Waals surface area contributed by atoms with Crippen LogP contribution in [0.4, 0.5) is 0 Å². The van der Waals surface area contributed by atoms with E-state index < -0.39 is 13.9 Å². The van der Waals surface area contributed by atoms with Crippen molar-refractivity contribution in [2.75, 3.05) is 13.2 Å². The maximum Gasteiger partial charge on any atom is 0.201 e. The van der Waals surface area contributed by atoms with E-state index in [0.717, 1.165) is 6.42 Å². The van der Waals surface area contributed by atoms with Crippen molar-refractivity contribution >= 4 is 29.7 Å². The summed E-state index contributed by atoms with van der Waals surface area (Å²) >= 11 is 0. The number of H-pyrrole nitrogens is 1. The monoisotopic (exact) mass is 375 g/mol. The predicted octanol–water partition coefficient (Wildman–Crippen LogP) is 5.26. The van der Waals surface area contributed by atoms with Gasteiger partial charge < -0.3 is 14.5 Å². The third-order valence-corrected chi connectivity index (χ3v) is 7.71. The number of hydrogen-bond acceptors (Lipinski definition) is 2. The van der Waals surface area contributed by atoms with Crippen molar-refractivity contribution < 1.29 is 9.47 Å². The molecule has 138 valence electrons. The molecule has 0 bridgehead atoms. The Labute approximate surface area is 161 Å². The molecule has 5 rings (SSSR count). The van der Waals surface area contributed by atoms with Crippen molar-refractivity contribution in [3.05, 3.63) is 71.4 Å². The Morgan fingerprint density at radius 2 is 1.59 bits per heavy atom. The molecule has 0 atom stereocenters. The number of fused-ring (bicyclic) bond motifs is 3. The molecule has 2 heterocycles. The van der Waals surface area contributed by atoms with Crippen molar-refractivity contribution in [1.29, 1.82) is 0 Å². The topological polar surface area (TPSA) is 34.2 Å². The van der Waals surface area contributed by atoms with Crippen LogP contribution in [-0.4, -0.2) is 32.1 Å². The Kier molecular flexibility index (Phi) is 3.73. The molecule has 27 heavy (non-hydrogen) atoms. The Hall–Kier alpha value is -2.14. The largest absolute Gasteiger partial charge is 0.354 e. The molecular formula is C23H25NO2Si. The lowest BCUT2D eigenvalue weighted by atomic mass is 10.0. The van der Waals surface area contributed by atoms with Crippen LogP contribution in [0.3, 0.4) is 0 Å². The molecule has 3 nitrogen and oxygen atoms in total. The first-order valence-electron chi connectivity index (χ1n) is 9.68. The first kappa shape index (κ1) is 17.0. The van der Waals surface area contributed by atoms with E-state index in [1.807, 2.05) is 0 Å². The minimum atomic E-state index is -1.70. The second-order valence-corrected chi connectivity index (χ2v) is 13.5. The van der Waals surface area contributed by atoms with Gasteiger partial charge in [0.2, 0.25) is 5.79 Å². The summed E-state index contributed by atoms with van der Waals surface area (Å²) in [6.45, 7) is 8.53. The van der Waals surface area contributed by atoms with Gasteiger partial charge in [0, 0.05) is 22.9 Å². The first-order chi connectivity index (χ1) is 13.0. The lowest BCUT2D eigenvalue weighted by molar-refractivity contribution is -0.100. The maximum atomic E-state index is 6.32. The van der Waals surface area contributed by atoms with Gasteiger partial charge in [0.1, 0.15) is 0 Å². The fraction of sp³-hybridized carbons (Fsp3) is 0.304. The average Bonchev–Trinajstić information content (AvgIpc) is 3.32. The van der Waals surface area contributed by atoms with E-state index in [1.54, 1.807) is 0 Å². The van der Waals surface area contributed by atoms with Crippen LogP contribution in [0.5, 0.6) is 0 Å². The average molecular weight is 376 g/mol. The molecule has 3 aromatic rings. The van der Waals surface area contributed by atoms with Gasteiger partial charge in [-0.3, -0.25) is 0 Å². The Morgan fingerprint density at radius 3 is 2.30 bits per heavy atom. The van der Waals surface area contributed by atoms with E-state index in [2.05, 4.69) is 79.2 Å². The second kappa shape index (κ2) is 5.93. The normalized spacial score (nSPS) is 20.4. The minimum Gasteiger partial charge on any atom is -0.354 e. The summed E-state index contributed by atoms with van der Waals surface area (Å²) < 4.78 is 12.6. The van der Waals surface area contributed by atoms with Gasteiger partial charge in [-0.05, 0) is 22.4 Å². The highest BCUT2D eigenvalue weighted by Crippen LogP contribution is 2.52. The molecule has 0 radical (unpaired) electrons. The zero-order chi connectivity index (χ0) is 18.6. The van der Waals surface area contributed by atoms with Gasteiger partial charge in [0.25, 0.3) is 0 Å². The molecule has 1 fully saturated rings. The summed E-state index contributed by atoms with van der Waals surface area (Å²) in [6.07, 6.45) is 0.780. The lowest BCUT2D eigenvalue weighted by Crippen LogP contribution is -2.35. The van der Waals surface area contributed by atoms with Gasteiger partial charge in [-0.25, -0.2) is 0 Å². The summed E-state index contributed by atoms with van der Waals surface area (Å²) in [5.41, 5.74) is 6.25. The van der Waals surface area contributed by atoms with Crippen molar-refractivity contribution in [3.8, 4) is 0 Å². The number of benzene rings is 2. The van der Waals surface area contributed by atoms with Crippen molar-refractivity contribution in [2.45, 2.75) is 31.8 Å². The molecule has 2 aromatic carbocycles. The van der Waals surface area contributed by atoms with Crippen LogP contribution in [0.25, 0.3) is 21.7 Å². The SMILES string of the molecule is C[Si](C)(C)/C(=C1\c2[nH]c3ccccc3c2CC12OCCO2)c1ccccc1. The van der Waals surface area contributed by atoms with E-state index in [1.165, 1.54) is 38.5 Å². The zero-order valence-corrected chi connectivity index (χ0v) is 17.1. The number of rotatable bonds is 2. The third-order valence-electron chi connectivity index (χ3n) is 5.67. The molecule has 4 heteroatoms. The summed E-state index contributed by atoms with van der Waals surface area (Å²) in [5.74, 6) is -0.642. The van der Waals surface area contributed by atoms with Crippen LogP contribution in [0.1, 0.15) is 16.8 Å². The summed E-state index contributed by atoms with van der Waals surface area (Å²) in [6, 6.07) is 19.3. The highest BCUT2D eigenvalue weighted by Gasteiger charge is 2.51. The van der Waals surface area contributed by atoms with Gasteiger partial charge in [-0.2, -0.15) is 0 Å². The highest BCUT2D eigenvalue weighted by atomic mass is 28.3. The van der Waals surface area contributed by atoms with Crippen molar-refractivity contribution in [3.63, 3.8) is 0 Å². The molecule has 2 aliphatic rings. The molecule has 1 aliphatic heterocycles. The quantitative estimate of drug-likeness (QED) is 0.620. The molecule has 0 saturated carbocycles. The predicted molar refractivity (Wildman–Crippen MR) is 113 cm³/mol. The summed E-state index contributed by atoms with van der Waals surface area (Å²) in [5, 5.41) is 2.71. The van der Waals surface area contributed by atoms with E-state index in [-0.39, 0.29) is 0 Å². The van der Waals surface area contributed by atoms with Crippen LogP contribution in [0.15, 0.2) is 54.6 Å². The third kappa shape index (κ3) is 2.55. The van der Waals surface area contributed by atoms with Crippen LogP contribution in [-0.2, 0) is 15.9 Å². The Bertz CT molecular complexity index is 1040. The Balaban J connectivity index is 1.87. The van der Waals surface area contributed by atoms with E-state index in [4.69, 9.17) is 9.47 Å². The number of ether oxygens (including phenoxy) is 2. The summed E-state index contributed by atoms with van der Waals surface area (Å²) in [4.78, 5) is 3.70. The van der Waals surface area contributed by atoms with E-state index >= 15 is 0 Å². The van der Waals surface area contributed by atoms with Gasteiger partial charge in [-0.1, -0.05) is 68.2 Å². The molecular weight excluding hydrogens is 350 g/mol. The zero-order valence-electron chi connectivity index (χ0n) is 16.1. The number of aromatic amines is 1. The van der Waals surface area contributed by atoms with Crippen molar-refractivity contribution in [2.24, 2.45) is 0 Å². The first-order valence-corrected chi connectivity index (χ1v) is 13.2. The van der Waals surface area contributed by atoms with Crippen LogP contribution >= 0.6 is 0 Å². The van der Waals surface area contributed by atoms with E-state index in [0.29, 0.717) is 13.2 Å². The number of aromatic nitrogens is 1.